The number of esters is 1. The zero-order valence-corrected chi connectivity index (χ0v) is 14.9. The fourth-order valence-electron chi connectivity index (χ4n) is 2.47. The molecule has 0 saturated heterocycles. The highest BCUT2D eigenvalue weighted by Crippen LogP contribution is 2.25. The lowest BCUT2D eigenvalue weighted by atomic mass is 10.0. The molecule has 9 heteroatoms. The third-order valence-electron chi connectivity index (χ3n) is 3.82. The largest absolute Gasteiger partial charge is 0.469 e. The molecule has 0 aliphatic carbocycles. The van der Waals surface area contributed by atoms with E-state index in [9.17, 15) is 9.59 Å². The molecule has 8 nitrogen and oxygen atoms in total. The highest BCUT2D eigenvalue weighted by Gasteiger charge is 2.24. The van der Waals surface area contributed by atoms with Crippen molar-refractivity contribution >= 4 is 29.3 Å². The van der Waals surface area contributed by atoms with Gasteiger partial charge in [0.15, 0.2) is 0 Å². The third-order valence-corrected chi connectivity index (χ3v) is 4.16. The van der Waals surface area contributed by atoms with Gasteiger partial charge in [-0.25, -0.2) is 9.50 Å². The van der Waals surface area contributed by atoms with Crippen molar-refractivity contribution in [1.29, 1.82) is 0 Å². The normalized spacial score (nSPS) is 12.0. The van der Waals surface area contributed by atoms with E-state index >= 15 is 0 Å². The zero-order valence-electron chi connectivity index (χ0n) is 14.1. The molecule has 1 unspecified atom stereocenters. The van der Waals surface area contributed by atoms with Crippen LogP contribution in [0.15, 0.2) is 36.5 Å². The van der Waals surface area contributed by atoms with Crippen molar-refractivity contribution in [3.05, 3.63) is 58.6 Å². The van der Waals surface area contributed by atoms with Crippen molar-refractivity contribution < 1.29 is 14.3 Å². The molecule has 134 valence electrons. The summed E-state index contributed by atoms with van der Waals surface area (Å²) in [4.78, 5) is 32.6. The summed E-state index contributed by atoms with van der Waals surface area (Å²) in [5.41, 5.74) is 1.39. The van der Waals surface area contributed by atoms with E-state index < -0.39 is 17.9 Å². The Hall–Kier alpha value is -3.00. The third kappa shape index (κ3) is 3.65. The number of nitrogens with one attached hydrogen (secondary N) is 1. The summed E-state index contributed by atoms with van der Waals surface area (Å²) in [6.07, 6.45) is 1.52. The maximum atomic E-state index is 12.6. The number of carbonyl (C=O) groups is 2. The first kappa shape index (κ1) is 17.8. The number of hydrogen-bond donors (Lipinski definition) is 1. The molecule has 3 aromatic rings. The second kappa shape index (κ2) is 7.49. The molecule has 26 heavy (non-hydrogen) atoms. The number of rotatable bonds is 5. The van der Waals surface area contributed by atoms with Crippen molar-refractivity contribution in [2.75, 3.05) is 7.11 Å². The summed E-state index contributed by atoms with van der Waals surface area (Å²) in [5.74, 6) is -0.745. The highest BCUT2D eigenvalue weighted by atomic mass is 35.5. The van der Waals surface area contributed by atoms with E-state index in [0.29, 0.717) is 16.4 Å². The first-order valence-corrected chi connectivity index (χ1v) is 8.18. The summed E-state index contributed by atoms with van der Waals surface area (Å²) >= 11 is 6.21. The van der Waals surface area contributed by atoms with Crippen molar-refractivity contribution in [1.82, 2.24) is 24.9 Å². The van der Waals surface area contributed by atoms with E-state index in [4.69, 9.17) is 16.3 Å². The van der Waals surface area contributed by atoms with Crippen LogP contribution in [0.5, 0.6) is 0 Å². The highest BCUT2D eigenvalue weighted by molar-refractivity contribution is 6.31. The average Bonchev–Trinajstić information content (AvgIpc) is 3.07. The van der Waals surface area contributed by atoms with Crippen LogP contribution in [-0.2, 0) is 9.53 Å². The predicted octanol–water partition coefficient (Wildman–Crippen LogP) is 2.12. The van der Waals surface area contributed by atoms with Crippen molar-refractivity contribution in [2.45, 2.75) is 19.4 Å². The molecule has 0 bridgehead atoms. The second-order valence-corrected chi connectivity index (χ2v) is 5.97. The molecule has 1 aromatic carbocycles. The fourth-order valence-corrected chi connectivity index (χ4v) is 2.74. The molecule has 1 atom stereocenters. The Morgan fingerprint density at radius 2 is 2.08 bits per heavy atom. The van der Waals surface area contributed by atoms with Gasteiger partial charge in [0.05, 0.1) is 19.6 Å². The van der Waals surface area contributed by atoms with E-state index in [1.165, 1.54) is 11.6 Å². The summed E-state index contributed by atoms with van der Waals surface area (Å²) in [5, 5.41) is 7.34. The standard InChI is InChI=1S/C17H16ClN5O3/c1-10-7-8-19-17-21-15(22-23(10)17)16(25)20-13(9-14(24)26-2)11-5-3-4-6-12(11)18/h3-8,13H,9H2,1-2H3,(H,20,25). The first-order valence-electron chi connectivity index (χ1n) is 7.80. The van der Waals surface area contributed by atoms with E-state index in [2.05, 4.69) is 20.4 Å². The number of nitrogens with zero attached hydrogens (tertiary/aromatic N) is 4. The molecule has 1 amide bonds. The minimum absolute atomic E-state index is 0.0475. The monoisotopic (exact) mass is 373 g/mol. The molecule has 0 radical (unpaired) electrons. The van der Waals surface area contributed by atoms with Crippen LogP contribution >= 0.6 is 11.6 Å². The van der Waals surface area contributed by atoms with Gasteiger partial charge >= 0.3 is 5.97 Å². The number of carbonyl (C=O) groups excluding carboxylic acids is 2. The predicted molar refractivity (Wildman–Crippen MR) is 93.8 cm³/mol. The topological polar surface area (TPSA) is 98.5 Å². The quantitative estimate of drug-likeness (QED) is 0.688. The van der Waals surface area contributed by atoms with E-state index in [1.54, 1.807) is 36.5 Å². The summed E-state index contributed by atoms with van der Waals surface area (Å²) in [6.45, 7) is 1.83. The molecular weight excluding hydrogens is 358 g/mol. The first-order chi connectivity index (χ1) is 12.5. The summed E-state index contributed by atoms with van der Waals surface area (Å²) in [6, 6.07) is 8.04. The van der Waals surface area contributed by atoms with Crippen molar-refractivity contribution in [2.24, 2.45) is 0 Å². The van der Waals surface area contributed by atoms with Crippen LogP contribution in [0, 0.1) is 6.92 Å². The molecule has 3 rings (SSSR count). The van der Waals surface area contributed by atoms with Gasteiger partial charge in [-0.2, -0.15) is 4.98 Å². The van der Waals surface area contributed by atoms with E-state index in [-0.39, 0.29) is 12.2 Å². The van der Waals surface area contributed by atoms with Gasteiger partial charge in [-0.15, -0.1) is 5.10 Å². The number of methoxy groups -OCH3 is 1. The smallest absolute Gasteiger partial charge is 0.307 e. The lowest BCUT2D eigenvalue weighted by Crippen LogP contribution is -2.31. The maximum Gasteiger partial charge on any atom is 0.307 e. The van der Waals surface area contributed by atoms with Gasteiger partial charge in [-0.1, -0.05) is 29.8 Å². The van der Waals surface area contributed by atoms with E-state index in [1.807, 2.05) is 6.92 Å². The van der Waals surface area contributed by atoms with Gasteiger partial charge in [-0.3, -0.25) is 9.59 Å². The van der Waals surface area contributed by atoms with Gasteiger partial charge < -0.3 is 10.1 Å². The summed E-state index contributed by atoms with van der Waals surface area (Å²) < 4.78 is 6.19. The molecule has 1 N–H and O–H groups in total. The number of aryl methyl sites for hydroxylation is 1. The number of fused-ring (bicyclic) bond motifs is 1. The van der Waals surface area contributed by atoms with Gasteiger partial charge in [-0.05, 0) is 24.6 Å². The van der Waals surface area contributed by atoms with Gasteiger partial charge in [0.25, 0.3) is 11.7 Å². The average molecular weight is 374 g/mol. The number of hydrogen-bond acceptors (Lipinski definition) is 6. The van der Waals surface area contributed by atoms with Gasteiger partial charge in [0.1, 0.15) is 0 Å². The lowest BCUT2D eigenvalue weighted by molar-refractivity contribution is -0.141. The van der Waals surface area contributed by atoms with Crippen LogP contribution in [0.25, 0.3) is 5.78 Å². The van der Waals surface area contributed by atoms with Crippen molar-refractivity contribution in [3.63, 3.8) is 0 Å². The number of halogens is 1. The minimum atomic E-state index is -0.677. The molecule has 0 aliphatic heterocycles. The minimum Gasteiger partial charge on any atom is -0.469 e. The van der Waals surface area contributed by atoms with Crippen LogP contribution in [0.4, 0.5) is 0 Å². The Kier molecular flexibility index (Phi) is 5.13. The Labute approximate surface area is 154 Å². The van der Waals surface area contributed by atoms with Crippen LogP contribution in [0.2, 0.25) is 5.02 Å². The Morgan fingerprint density at radius 3 is 2.77 bits per heavy atom. The van der Waals surface area contributed by atoms with E-state index in [0.717, 1.165) is 5.69 Å². The lowest BCUT2D eigenvalue weighted by Gasteiger charge is -2.18. The van der Waals surface area contributed by atoms with Gasteiger partial charge in [0, 0.05) is 16.9 Å². The Bertz CT molecular complexity index is 972. The summed E-state index contributed by atoms with van der Waals surface area (Å²) in [7, 11) is 1.28. The van der Waals surface area contributed by atoms with Gasteiger partial charge in [0.2, 0.25) is 5.82 Å². The SMILES string of the molecule is COC(=O)CC(NC(=O)c1nc2nccc(C)n2n1)c1ccccc1Cl. The second-order valence-electron chi connectivity index (χ2n) is 5.56. The maximum absolute atomic E-state index is 12.6. The fraction of sp³-hybridized carbons (Fsp3) is 0.235. The van der Waals surface area contributed by atoms with Crippen LogP contribution in [0.1, 0.15) is 34.3 Å². The molecule has 0 spiro atoms. The van der Waals surface area contributed by atoms with Crippen LogP contribution < -0.4 is 5.32 Å². The molecule has 0 fully saturated rings. The number of amides is 1. The number of ether oxygens (including phenoxy) is 1. The zero-order chi connectivity index (χ0) is 18.7. The van der Waals surface area contributed by atoms with Crippen LogP contribution in [-0.4, -0.2) is 38.6 Å². The Morgan fingerprint density at radius 1 is 1.31 bits per heavy atom. The number of aromatic nitrogens is 4. The van der Waals surface area contributed by atoms with Crippen LogP contribution in [0.3, 0.4) is 0 Å². The molecule has 0 aliphatic rings. The molecule has 2 heterocycles. The Balaban J connectivity index is 1.89. The van der Waals surface area contributed by atoms with Crippen molar-refractivity contribution in [3.8, 4) is 0 Å². The molecular formula is C17H16ClN5O3. The number of benzene rings is 1. The molecule has 0 saturated carbocycles. The molecule has 2 aromatic heterocycles.